The van der Waals surface area contributed by atoms with Gasteiger partial charge in [0, 0.05) is 48.4 Å². The van der Waals surface area contributed by atoms with E-state index in [1.807, 2.05) is 60.7 Å². The molecule has 0 aliphatic heterocycles. The van der Waals surface area contributed by atoms with E-state index in [0.29, 0.717) is 57.9 Å². The molecule has 0 saturated heterocycles. The quantitative estimate of drug-likeness (QED) is 0.0824. The van der Waals surface area contributed by atoms with Crippen LogP contribution in [0.25, 0.3) is 33.9 Å². The molecule has 0 radical (unpaired) electrons. The van der Waals surface area contributed by atoms with E-state index in [9.17, 15) is 4.79 Å². The van der Waals surface area contributed by atoms with E-state index in [4.69, 9.17) is 29.7 Å². The fraction of sp³-hybridized carbons (Fsp3) is 0.300. The first-order valence-electron chi connectivity index (χ1n) is 16.4. The summed E-state index contributed by atoms with van der Waals surface area (Å²) in [6.45, 7) is 7.30. The van der Waals surface area contributed by atoms with E-state index in [1.165, 1.54) is 11.1 Å². The second kappa shape index (κ2) is 16.9. The van der Waals surface area contributed by atoms with Crippen molar-refractivity contribution in [2.24, 2.45) is 5.73 Å². The van der Waals surface area contributed by atoms with Crippen molar-refractivity contribution in [3.63, 3.8) is 0 Å². The first-order chi connectivity index (χ1) is 23.4. The van der Waals surface area contributed by atoms with Crippen LogP contribution in [0, 0.1) is 13.8 Å². The van der Waals surface area contributed by atoms with Gasteiger partial charge in [0.15, 0.2) is 5.78 Å². The lowest BCUT2D eigenvalue weighted by molar-refractivity contribution is 0.0489. The van der Waals surface area contributed by atoms with Crippen LogP contribution in [-0.4, -0.2) is 62.5 Å². The molecule has 1 heterocycles. The number of aromatic nitrogens is 2. The molecule has 2 N–H and O–H groups in total. The van der Waals surface area contributed by atoms with Crippen molar-refractivity contribution in [3.8, 4) is 45.4 Å². The Labute approximate surface area is 283 Å². The number of imidazole rings is 1. The molecule has 0 fully saturated rings. The minimum absolute atomic E-state index is 0.0977. The van der Waals surface area contributed by atoms with E-state index in [2.05, 4.69) is 48.7 Å². The summed E-state index contributed by atoms with van der Waals surface area (Å²) >= 11 is 0. The van der Waals surface area contributed by atoms with Crippen LogP contribution in [0.5, 0.6) is 11.5 Å². The molecule has 5 aromatic rings. The van der Waals surface area contributed by atoms with Crippen LogP contribution in [0.4, 0.5) is 0 Å². The molecule has 0 saturated carbocycles. The van der Waals surface area contributed by atoms with Gasteiger partial charge in [-0.1, -0.05) is 65.7 Å². The fourth-order valence-electron chi connectivity index (χ4n) is 5.83. The van der Waals surface area contributed by atoms with E-state index in [1.54, 1.807) is 14.2 Å². The predicted molar refractivity (Wildman–Crippen MR) is 191 cm³/mol. The number of ketones is 1. The normalized spacial score (nSPS) is 11.1. The zero-order valence-electron chi connectivity index (χ0n) is 28.3. The molecule has 0 aliphatic rings. The van der Waals surface area contributed by atoms with Gasteiger partial charge in [0.05, 0.1) is 45.4 Å². The Morgan fingerprint density at radius 1 is 0.729 bits per heavy atom. The van der Waals surface area contributed by atoms with Crippen molar-refractivity contribution in [2.75, 3.05) is 47.2 Å². The number of hydrogen-bond acceptors (Lipinski definition) is 7. The summed E-state index contributed by atoms with van der Waals surface area (Å²) in [6, 6.07) is 30.5. The highest BCUT2D eigenvalue weighted by atomic mass is 16.5. The molecule has 250 valence electrons. The summed E-state index contributed by atoms with van der Waals surface area (Å²) < 4.78 is 24.4. The molecule has 4 aromatic carbocycles. The third-order valence-corrected chi connectivity index (χ3v) is 8.08. The van der Waals surface area contributed by atoms with E-state index in [0.717, 1.165) is 51.0 Å². The topological polar surface area (TPSA) is 97.8 Å². The highest BCUT2D eigenvalue weighted by molar-refractivity contribution is 5.96. The third kappa shape index (κ3) is 8.77. The maximum Gasteiger partial charge on any atom is 0.162 e. The maximum absolute atomic E-state index is 13.0. The number of carbonyl (C=O) groups excluding carboxylic acids is 1. The molecular weight excluding hydrogens is 602 g/mol. The summed E-state index contributed by atoms with van der Waals surface area (Å²) in [5, 5.41) is 0. The Hall–Kier alpha value is -4.76. The average Bonchev–Trinajstić information content (AvgIpc) is 3.48. The van der Waals surface area contributed by atoms with Crippen molar-refractivity contribution in [2.45, 2.75) is 33.2 Å². The zero-order chi connectivity index (χ0) is 33.9. The van der Waals surface area contributed by atoms with Crippen molar-refractivity contribution >= 4 is 5.78 Å². The smallest absolute Gasteiger partial charge is 0.162 e. The van der Waals surface area contributed by atoms with Crippen LogP contribution >= 0.6 is 0 Å². The van der Waals surface area contributed by atoms with E-state index in [-0.39, 0.29) is 5.78 Å². The number of nitrogens with zero attached hydrogens (tertiary/aromatic N) is 2. The number of hydrogen-bond donors (Lipinski definition) is 1. The summed E-state index contributed by atoms with van der Waals surface area (Å²) in [5.74, 6) is 2.47. The fourth-order valence-corrected chi connectivity index (χ4v) is 5.83. The number of Topliss-reactive ketones (excluding diaryl/α,β-unsaturated/α-hetero) is 1. The van der Waals surface area contributed by atoms with Crippen molar-refractivity contribution < 1.29 is 23.7 Å². The number of nitrogens with two attached hydrogens (primary N) is 1. The van der Waals surface area contributed by atoms with Crippen LogP contribution < -0.4 is 15.2 Å². The molecule has 0 amide bonds. The molecule has 0 unspecified atom stereocenters. The first-order valence-corrected chi connectivity index (χ1v) is 16.4. The summed E-state index contributed by atoms with van der Waals surface area (Å²) in [5.41, 5.74) is 14.3. The highest BCUT2D eigenvalue weighted by Crippen LogP contribution is 2.39. The van der Waals surface area contributed by atoms with Crippen LogP contribution in [-0.2, 0) is 16.0 Å². The van der Waals surface area contributed by atoms with Crippen molar-refractivity contribution in [1.82, 2.24) is 9.55 Å². The van der Waals surface area contributed by atoms with Crippen molar-refractivity contribution in [3.05, 3.63) is 113 Å². The molecule has 0 atom stereocenters. The summed E-state index contributed by atoms with van der Waals surface area (Å²) in [6.07, 6.45) is 1.08. The highest BCUT2D eigenvalue weighted by Gasteiger charge is 2.23. The Morgan fingerprint density at radius 2 is 1.35 bits per heavy atom. The number of ether oxygens (including phenoxy) is 4. The zero-order valence-corrected chi connectivity index (χ0v) is 28.3. The number of methoxy groups -OCH3 is 2. The molecule has 0 aliphatic carbocycles. The third-order valence-electron chi connectivity index (χ3n) is 8.08. The van der Waals surface area contributed by atoms with Gasteiger partial charge in [-0.2, -0.15) is 0 Å². The molecule has 5 rings (SSSR count). The maximum atomic E-state index is 13.0. The van der Waals surface area contributed by atoms with Crippen LogP contribution in [0.3, 0.4) is 0 Å². The summed E-state index contributed by atoms with van der Waals surface area (Å²) in [4.78, 5) is 18.3. The number of rotatable bonds is 17. The minimum Gasteiger partial charge on any atom is -0.497 e. The van der Waals surface area contributed by atoms with Gasteiger partial charge in [-0.25, -0.2) is 4.98 Å². The Balaban J connectivity index is 1.49. The SMILES string of the molecule is COc1cccc(-c2nc(-c3cc(C)cc(C)c3)n(Cc3ccc(C(=O)CCCOCCOCCN)cc3)c2-c2cccc(OC)c2)c1. The lowest BCUT2D eigenvalue weighted by atomic mass is 10.0. The molecule has 1 aromatic heterocycles. The van der Waals surface area contributed by atoms with E-state index < -0.39 is 0 Å². The molecule has 8 nitrogen and oxygen atoms in total. The second-order valence-corrected chi connectivity index (χ2v) is 11.8. The van der Waals surface area contributed by atoms with Gasteiger partial charge >= 0.3 is 0 Å². The molecule has 0 bridgehead atoms. The van der Waals surface area contributed by atoms with Gasteiger partial charge < -0.3 is 29.2 Å². The van der Waals surface area contributed by atoms with Crippen LogP contribution in [0.1, 0.15) is 39.9 Å². The second-order valence-electron chi connectivity index (χ2n) is 11.8. The van der Waals surface area contributed by atoms with Gasteiger partial charge in [-0.15, -0.1) is 0 Å². The monoisotopic (exact) mass is 647 g/mol. The van der Waals surface area contributed by atoms with Gasteiger partial charge in [0.25, 0.3) is 0 Å². The summed E-state index contributed by atoms with van der Waals surface area (Å²) in [7, 11) is 3.35. The van der Waals surface area contributed by atoms with Gasteiger partial charge in [0.2, 0.25) is 0 Å². The minimum atomic E-state index is 0.0977. The number of aryl methyl sites for hydroxylation is 2. The largest absolute Gasteiger partial charge is 0.497 e. The molecule has 8 heteroatoms. The van der Waals surface area contributed by atoms with E-state index >= 15 is 0 Å². The standard InChI is InChI=1S/C40H45N3O5/c1-28-22-29(2)24-34(23-28)40-42-38(32-8-5-10-35(25-32)45-3)39(33-9-6-11-36(26-33)46-4)43(40)27-30-13-15-31(16-14-30)37(44)12-7-18-47-20-21-48-19-17-41/h5-6,8-11,13-16,22-26H,7,12,17-21,27,41H2,1-4H3. The van der Waals surface area contributed by atoms with Crippen LogP contribution in [0.2, 0.25) is 0 Å². The van der Waals surface area contributed by atoms with Crippen molar-refractivity contribution in [1.29, 1.82) is 0 Å². The lowest BCUT2D eigenvalue weighted by Crippen LogP contribution is -2.12. The Bertz CT molecular complexity index is 1790. The number of benzene rings is 4. The van der Waals surface area contributed by atoms with Gasteiger partial charge in [-0.3, -0.25) is 4.79 Å². The number of carbonyl (C=O) groups is 1. The molecule has 0 spiro atoms. The molecule has 48 heavy (non-hydrogen) atoms. The van der Waals surface area contributed by atoms with Gasteiger partial charge in [0.1, 0.15) is 17.3 Å². The first kappa shape index (κ1) is 34.6. The van der Waals surface area contributed by atoms with Gasteiger partial charge in [-0.05, 0) is 62.2 Å². The Morgan fingerprint density at radius 3 is 2.00 bits per heavy atom. The predicted octanol–water partition coefficient (Wildman–Crippen LogP) is 7.52. The lowest BCUT2D eigenvalue weighted by Gasteiger charge is -2.15. The van der Waals surface area contributed by atoms with Crippen LogP contribution in [0.15, 0.2) is 91.0 Å². The Kier molecular flexibility index (Phi) is 12.2. The molecular formula is C40H45N3O5. The average molecular weight is 648 g/mol.